The van der Waals surface area contributed by atoms with Gasteiger partial charge in [-0.25, -0.2) is 4.98 Å². The third-order valence-electron chi connectivity index (χ3n) is 4.76. The third-order valence-corrected chi connectivity index (χ3v) is 5.95. The Bertz CT molecular complexity index is 657. The zero-order valence-corrected chi connectivity index (χ0v) is 12.3. The van der Waals surface area contributed by atoms with Crippen LogP contribution >= 0.6 is 11.3 Å². The van der Waals surface area contributed by atoms with E-state index < -0.39 is 0 Å². The van der Waals surface area contributed by atoms with Gasteiger partial charge in [0.2, 0.25) is 0 Å². The van der Waals surface area contributed by atoms with E-state index in [-0.39, 0.29) is 0 Å². The number of nitrogens with zero attached hydrogens (tertiary/aromatic N) is 1. The summed E-state index contributed by atoms with van der Waals surface area (Å²) in [5.41, 5.74) is 11.7. The van der Waals surface area contributed by atoms with Gasteiger partial charge in [0.05, 0.1) is 0 Å². The summed E-state index contributed by atoms with van der Waals surface area (Å²) in [5.74, 6) is 0.756. The fraction of sp³-hybridized carbons (Fsp3) is 0.562. The minimum atomic E-state index is 0.756. The number of thiophene rings is 1. The Morgan fingerprint density at radius 1 is 1.16 bits per heavy atom. The number of hydrogen-bond acceptors (Lipinski definition) is 3. The first-order valence-corrected chi connectivity index (χ1v) is 8.27. The molecule has 0 fully saturated rings. The highest BCUT2D eigenvalue weighted by molar-refractivity contribution is 7.19. The fourth-order valence-corrected chi connectivity index (χ4v) is 4.97. The number of aryl methyl sites for hydroxylation is 2. The van der Waals surface area contributed by atoms with Crippen LogP contribution in [0.3, 0.4) is 0 Å². The summed E-state index contributed by atoms with van der Waals surface area (Å²) in [6.45, 7) is 2.32. The molecule has 2 aliphatic carbocycles. The molecule has 2 heterocycles. The molecule has 0 radical (unpaired) electrons. The lowest BCUT2D eigenvalue weighted by atomic mass is 9.86. The summed E-state index contributed by atoms with van der Waals surface area (Å²) in [6.07, 6.45) is 8.57. The smallest absolute Gasteiger partial charge is 0.126 e. The lowest BCUT2D eigenvalue weighted by Gasteiger charge is -2.22. The second-order valence-corrected chi connectivity index (χ2v) is 7.27. The molecule has 0 bridgehead atoms. The maximum absolute atomic E-state index is 6.52. The zero-order valence-electron chi connectivity index (χ0n) is 11.5. The second kappa shape index (κ2) is 4.20. The minimum absolute atomic E-state index is 0.756. The Morgan fingerprint density at radius 3 is 2.89 bits per heavy atom. The highest BCUT2D eigenvalue weighted by atomic mass is 32.1. The Hall–Kier alpha value is -1.09. The van der Waals surface area contributed by atoms with Gasteiger partial charge >= 0.3 is 0 Å². The summed E-state index contributed by atoms with van der Waals surface area (Å²) in [6, 6.07) is 0. The number of aromatic nitrogens is 1. The van der Waals surface area contributed by atoms with E-state index in [0.717, 1.165) is 24.4 Å². The Morgan fingerprint density at radius 2 is 2.00 bits per heavy atom. The molecule has 2 nitrogen and oxygen atoms in total. The number of anilines is 1. The van der Waals surface area contributed by atoms with Gasteiger partial charge in [-0.2, -0.15) is 0 Å². The number of fused-ring (bicyclic) bond motifs is 4. The van der Waals surface area contributed by atoms with E-state index in [1.807, 2.05) is 11.3 Å². The maximum atomic E-state index is 6.52. The zero-order chi connectivity index (χ0) is 13.0. The normalized spacial score (nSPS) is 22.3. The lowest BCUT2D eigenvalue weighted by molar-refractivity contribution is 0.494. The maximum Gasteiger partial charge on any atom is 0.126 e. The van der Waals surface area contributed by atoms with E-state index in [4.69, 9.17) is 10.7 Å². The molecule has 0 saturated heterocycles. The first-order chi connectivity index (χ1) is 9.24. The van der Waals surface area contributed by atoms with Crippen molar-refractivity contribution in [2.24, 2.45) is 5.92 Å². The summed E-state index contributed by atoms with van der Waals surface area (Å²) >= 11 is 1.90. The Kier molecular flexibility index (Phi) is 2.59. The average molecular weight is 272 g/mol. The van der Waals surface area contributed by atoms with Gasteiger partial charge in [-0.3, -0.25) is 0 Å². The molecule has 0 amide bonds. The topological polar surface area (TPSA) is 38.9 Å². The number of rotatable bonds is 0. The van der Waals surface area contributed by atoms with Crippen LogP contribution in [0.5, 0.6) is 0 Å². The third kappa shape index (κ3) is 1.71. The summed E-state index contributed by atoms with van der Waals surface area (Å²) in [7, 11) is 0. The van der Waals surface area contributed by atoms with Crippen LogP contribution in [0.4, 0.5) is 5.69 Å². The SMILES string of the molecule is C[C@@H]1CCc2c(nc3sc4c(c3c2N)CCCC4)C1. The van der Waals surface area contributed by atoms with Crippen LogP contribution in [0.15, 0.2) is 0 Å². The van der Waals surface area contributed by atoms with E-state index in [1.54, 1.807) is 4.88 Å². The van der Waals surface area contributed by atoms with Crippen molar-refractivity contribution >= 4 is 27.2 Å². The van der Waals surface area contributed by atoms with Gasteiger partial charge in [0, 0.05) is 21.6 Å². The van der Waals surface area contributed by atoms with Crippen molar-refractivity contribution in [2.45, 2.75) is 51.9 Å². The number of nitrogens with two attached hydrogens (primary N) is 1. The van der Waals surface area contributed by atoms with E-state index in [9.17, 15) is 0 Å². The molecule has 0 spiro atoms. The van der Waals surface area contributed by atoms with Crippen molar-refractivity contribution in [1.82, 2.24) is 4.98 Å². The Labute approximate surface area is 118 Å². The molecule has 2 N–H and O–H groups in total. The standard InChI is InChI=1S/C16H20N2S/c1-9-6-7-10-12(8-9)18-16-14(15(10)17)11-4-2-3-5-13(11)19-16/h9H,2-8H2,1H3,(H2,17,18)/t9-/m1/s1. The van der Waals surface area contributed by atoms with Crippen LogP contribution in [-0.4, -0.2) is 4.98 Å². The molecule has 0 unspecified atom stereocenters. The summed E-state index contributed by atoms with van der Waals surface area (Å²) in [4.78, 5) is 7.73. The first-order valence-electron chi connectivity index (χ1n) is 7.45. The van der Waals surface area contributed by atoms with Gasteiger partial charge in [0.15, 0.2) is 0 Å². The molecule has 100 valence electrons. The quantitative estimate of drug-likeness (QED) is 0.790. The van der Waals surface area contributed by atoms with Crippen molar-refractivity contribution < 1.29 is 0 Å². The van der Waals surface area contributed by atoms with Gasteiger partial charge in [-0.05, 0) is 62.0 Å². The molecular formula is C16H20N2S. The highest BCUT2D eigenvalue weighted by Crippen LogP contribution is 2.42. The van der Waals surface area contributed by atoms with E-state index in [0.29, 0.717) is 0 Å². The molecule has 3 heteroatoms. The van der Waals surface area contributed by atoms with E-state index >= 15 is 0 Å². The summed E-state index contributed by atoms with van der Waals surface area (Å²) < 4.78 is 0. The number of hydrogen-bond donors (Lipinski definition) is 1. The number of nitrogen functional groups attached to an aromatic ring is 1. The largest absolute Gasteiger partial charge is 0.398 e. The second-order valence-electron chi connectivity index (χ2n) is 6.19. The highest BCUT2D eigenvalue weighted by Gasteiger charge is 2.25. The van der Waals surface area contributed by atoms with E-state index in [2.05, 4.69) is 6.92 Å². The molecule has 19 heavy (non-hydrogen) atoms. The van der Waals surface area contributed by atoms with Crippen molar-refractivity contribution in [3.05, 3.63) is 21.7 Å². The van der Waals surface area contributed by atoms with Crippen LogP contribution in [0, 0.1) is 5.92 Å². The summed E-state index contributed by atoms with van der Waals surface area (Å²) in [5, 5.41) is 1.31. The first kappa shape index (κ1) is 11.7. The fourth-order valence-electron chi connectivity index (χ4n) is 3.68. The molecule has 2 aromatic heterocycles. The molecule has 0 aliphatic heterocycles. The predicted octanol–water partition coefficient (Wildman–Crippen LogP) is 3.88. The van der Waals surface area contributed by atoms with Crippen LogP contribution in [-0.2, 0) is 25.7 Å². The van der Waals surface area contributed by atoms with Gasteiger partial charge < -0.3 is 5.73 Å². The van der Waals surface area contributed by atoms with Gasteiger partial charge in [-0.15, -0.1) is 11.3 Å². The molecule has 0 saturated carbocycles. The molecule has 1 atom stereocenters. The molecule has 4 rings (SSSR count). The molecular weight excluding hydrogens is 252 g/mol. The van der Waals surface area contributed by atoms with Crippen LogP contribution in [0.25, 0.3) is 10.2 Å². The van der Waals surface area contributed by atoms with Crippen molar-refractivity contribution in [1.29, 1.82) is 0 Å². The van der Waals surface area contributed by atoms with Crippen molar-refractivity contribution in [3.63, 3.8) is 0 Å². The van der Waals surface area contributed by atoms with E-state index in [1.165, 1.54) is 59.1 Å². The van der Waals surface area contributed by atoms with Gasteiger partial charge in [0.1, 0.15) is 4.83 Å². The van der Waals surface area contributed by atoms with Gasteiger partial charge in [-0.1, -0.05) is 6.92 Å². The average Bonchev–Trinajstić information content (AvgIpc) is 2.76. The van der Waals surface area contributed by atoms with Crippen molar-refractivity contribution in [2.75, 3.05) is 5.73 Å². The molecule has 0 aromatic carbocycles. The van der Waals surface area contributed by atoms with Crippen LogP contribution in [0.1, 0.15) is 47.9 Å². The number of pyridine rings is 1. The Balaban J connectivity index is 1.99. The monoisotopic (exact) mass is 272 g/mol. The molecule has 2 aromatic rings. The van der Waals surface area contributed by atoms with Crippen molar-refractivity contribution in [3.8, 4) is 0 Å². The molecule has 2 aliphatic rings. The van der Waals surface area contributed by atoms with Crippen LogP contribution < -0.4 is 5.73 Å². The lowest BCUT2D eigenvalue weighted by Crippen LogP contribution is -2.15. The van der Waals surface area contributed by atoms with Gasteiger partial charge in [0.25, 0.3) is 0 Å². The van der Waals surface area contributed by atoms with Crippen LogP contribution in [0.2, 0.25) is 0 Å². The predicted molar refractivity (Wildman–Crippen MR) is 81.9 cm³/mol. The minimum Gasteiger partial charge on any atom is -0.398 e.